The van der Waals surface area contributed by atoms with Crippen LogP contribution in [0.1, 0.15) is 90.9 Å². The number of benzene rings is 5. The van der Waals surface area contributed by atoms with Crippen molar-refractivity contribution in [3.05, 3.63) is 113 Å². The number of urea groups is 1. The number of hydrogen-bond acceptors (Lipinski definition) is 11. The number of nitrogens with one attached hydrogen (secondary N) is 2. The predicted octanol–water partition coefficient (Wildman–Crippen LogP) is 9.33. The van der Waals surface area contributed by atoms with E-state index in [1.807, 2.05) is 26.8 Å². The Kier molecular flexibility index (Phi) is 16.1. The summed E-state index contributed by atoms with van der Waals surface area (Å²) in [6.45, 7) is 11.1. The number of carbonyl (C=O) groups is 5. The van der Waals surface area contributed by atoms with E-state index in [1.165, 1.54) is 44.1 Å². The van der Waals surface area contributed by atoms with E-state index >= 15 is 0 Å². The molecule has 0 spiro atoms. The van der Waals surface area contributed by atoms with Crippen molar-refractivity contribution in [3.8, 4) is 0 Å². The van der Waals surface area contributed by atoms with Gasteiger partial charge in [-0.05, 0) is 109 Å². The predicted molar refractivity (Wildman–Crippen MR) is 263 cm³/mol. The molecule has 2 aliphatic rings. The van der Waals surface area contributed by atoms with Crippen molar-refractivity contribution >= 4 is 70.2 Å². The number of nitrogens with zero attached hydrogens (tertiary/aromatic N) is 3. The van der Waals surface area contributed by atoms with E-state index in [0.717, 1.165) is 11.8 Å². The third kappa shape index (κ3) is 11.8. The molecule has 0 aliphatic carbocycles. The second-order valence-corrected chi connectivity index (χ2v) is 20.5. The van der Waals surface area contributed by atoms with Gasteiger partial charge in [-0.3, -0.25) is 14.4 Å². The highest BCUT2D eigenvalue weighted by Gasteiger charge is 2.59. The summed E-state index contributed by atoms with van der Waals surface area (Å²) in [5, 5.41) is 26.4. The highest BCUT2D eigenvalue weighted by Crippen LogP contribution is 2.44. The Bertz CT molecular complexity index is 2710. The first kappa shape index (κ1) is 51.0. The molecular weight excluding hydrogens is 902 g/mol. The average molecular weight is 965 g/mol. The quantitative estimate of drug-likeness (QED) is 0.0188. The van der Waals surface area contributed by atoms with Crippen LogP contribution < -0.4 is 10.6 Å². The molecule has 5 amide bonds. The van der Waals surface area contributed by atoms with Gasteiger partial charge in [-0.1, -0.05) is 89.6 Å². The second kappa shape index (κ2) is 21.8. The van der Waals surface area contributed by atoms with E-state index in [9.17, 15) is 33.7 Å². The van der Waals surface area contributed by atoms with E-state index in [1.54, 1.807) is 49.8 Å². The average Bonchev–Trinajstić information content (AvgIpc) is 3.75. The number of likely N-dealkylation sites (N-methyl/N-ethyl adjacent to an activating group) is 1. The molecular formula is C52H63N5O11P+. The van der Waals surface area contributed by atoms with Gasteiger partial charge in [0.2, 0.25) is 18.0 Å². The minimum atomic E-state index is -2.61. The van der Waals surface area contributed by atoms with Crippen LogP contribution in [0, 0.1) is 5.21 Å². The maximum absolute atomic E-state index is 14.5. The fraction of sp³-hybridized carbons (Fsp3) is 0.442. The lowest BCUT2D eigenvalue weighted by atomic mass is 9.90. The maximum atomic E-state index is 14.5. The molecule has 5 aromatic carbocycles. The summed E-state index contributed by atoms with van der Waals surface area (Å²) in [6.07, 6.45) is -3.56. The monoisotopic (exact) mass is 964 g/mol. The first-order valence-corrected chi connectivity index (χ1v) is 24.9. The van der Waals surface area contributed by atoms with Crippen molar-refractivity contribution in [3.63, 3.8) is 0 Å². The molecule has 2 aliphatic heterocycles. The van der Waals surface area contributed by atoms with E-state index in [0.29, 0.717) is 18.4 Å². The Morgan fingerprint density at radius 3 is 2.25 bits per heavy atom. The molecule has 366 valence electrons. The van der Waals surface area contributed by atoms with Crippen LogP contribution in [0.15, 0.2) is 96.7 Å². The van der Waals surface area contributed by atoms with Gasteiger partial charge in [0, 0.05) is 45.1 Å². The molecule has 2 heterocycles. The number of imide groups is 1. The fourth-order valence-corrected chi connectivity index (χ4v) is 10.7. The largest absolute Gasteiger partial charge is 0.617 e. The van der Waals surface area contributed by atoms with Crippen LogP contribution in [0.25, 0.3) is 32.3 Å². The number of amides is 5. The molecule has 0 saturated carbocycles. The Balaban J connectivity index is 1.07. The number of carbonyl (C=O) groups excluding carboxylic acids is 5. The number of ether oxygens (including phenoxy) is 4. The summed E-state index contributed by atoms with van der Waals surface area (Å²) in [6, 6.07) is 26.9. The summed E-state index contributed by atoms with van der Waals surface area (Å²) in [5.41, 5.74) is 1.27. The van der Waals surface area contributed by atoms with Crippen LogP contribution in [-0.2, 0) is 44.3 Å². The minimum absolute atomic E-state index is 0.00136. The van der Waals surface area contributed by atoms with Gasteiger partial charge in [0.25, 0.3) is 5.91 Å². The van der Waals surface area contributed by atoms with E-state index in [4.69, 9.17) is 18.9 Å². The molecule has 1 fully saturated rings. The molecule has 1 saturated heterocycles. The smallest absolute Gasteiger partial charge is 0.512 e. The summed E-state index contributed by atoms with van der Waals surface area (Å²) in [4.78, 5) is 67.5. The Morgan fingerprint density at radius 2 is 1.57 bits per heavy atom. The van der Waals surface area contributed by atoms with Crippen molar-refractivity contribution in [2.45, 2.75) is 116 Å². The third-order valence-corrected chi connectivity index (χ3v) is 14.6. The highest BCUT2D eigenvalue weighted by atomic mass is 31.1. The molecule has 7 rings (SSSR count). The number of aryl methyl sites for hydroxylation is 1. The van der Waals surface area contributed by atoms with Crippen LogP contribution in [0.5, 0.6) is 0 Å². The molecule has 0 aromatic heterocycles. The van der Waals surface area contributed by atoms with Gasteiger partial charge in [0.05, 0.1) is 18.5 Å². The lowest BCUT2D eigenvalue weighted by Crippen LogP contribution is -2.60. The number of hydroxylamine groups is 3. The van der Waals surface area contributed by atoms with Crippen LogP contribution in [0.4, 0.5) is 9.59 Å². The molecule has 0 radical (unpaired) electrons. The summed E-state index contributed by atoms with van der Waals surface area (Å²) < 4.78 is 38.9. The number of rotatable bonds is 20. The van der Waals surface area contributed by atoms with Crippen molar-refractivity contribution < 1.29 is 52.1 Å². The van der Waals surface area contributed by atoms with Gasteiger partial charge >= 0.3 is 26.0 Å². The van der Waals surface area contributed by atoms with Gasteiger partial charge in [-0.2, -0.15) is 0 Å². The molecule has 5 aromatic rings. The van der Waals surface area contributed by atoms with Crippen LogP contribution in [-0.4, -0.2) is 107 Å². The van der Waals surface area contributed by atoms with Crippen molar-refractivity contribution in [1.29, 1.82) is 0 Å². The molecule has 17 heteroatoms. The zero-order valence-corrected chi connectivity index (χ0v) is 41.3. The van der Waals surface area contributed by atoms with Gasteiger partial charge in [-0.15, -0.1) is 0 Å². The van der Waals surface area contributed by atoms with Gasteiger partial charge in [0.1, 0.15) is 18.4 Å². The lowest BCUT2D eigenvalue weighted by Gasteiger charge is -2.41. The molecule has 69 heavy (non-hydrogen) atoms. The first-order chi connectivity index (χ1) is 32.9. The summed E-state index contributed by atoms with van der Waals surface area (Å²) >= 11 is 0. The minimum Gasteiger partial charge on any atom is -0.617 e. The second-order valence-electron chi connectivity index (χ2n) is 18.8. The SMILES string of the molecule is CCN(CC)[P+](=O)C(OC(=O)OC(CN(C)C(=O)CCCc1ccc2ccc3cccc4ccc1c2c34)c1ccccc1)[C@H]1O[C@@H]([N+]2([O-])C=C(C)C(=O)NC2=O)C[C@@H]1OCCCC(=O)NC(C)(C)C. The molecule has 16 nitrogen and oxygen atoms in total. The summed E-state index contributed by atoms with van der Waals surface area (Å²) in [7, 11) is -0.966. The van der Waals surface area contributed by atoms with Crippen molar-refractivity contribution in [2.75, 3.05) is 33.3 Å². The highest BCUT2D eigenvalue weighted by molar-refractivity contribution is 7.42. The van der Waals surface area contributed by atoms with Gasteiger partial charge in [-0.25, -0.2) is 19.6 Å². The maximum Gasteiger partial charge on any atom is 0.512 e. The Labute approximate surface area is 403 Å². The Morgan fingerprint density at radius 1 is 0.899 bits per heavy atom. The van der Waals surface area contributed by atoms with Crippen LogP contribution in [0.2, 0.25) is 0 Å². The number of hydrogen-bond donors (Lipinski definition) is 2. The van der Waals surface area contributed by atoms with E-state index < -0.39 is 66.6 Å². The zero-order valence-electron chi connectivity index (χ0n) is 40.4. The van der Waals surface area contributed by atoms with Crippen molar-refractivity contribution in [2.24, 2.45) is 0 Å². The van der Waals surface area contributed by atoms with Crippen molar-refractivity contribution in [1.82, 2.24) is 20.2 Å². The fourth-order valence-electron chi connectivity index (χ4n) is 9.18. The van der Waals surface area contributed by atoms with E-state index in [2.05, 4.69) is 65.2 Å². The molecule has 0 bridgehead atoms. The standard InChI is InChI=1S/C52H62N5O11P/c1-8-56(9-2)69(64)49(47-40(65-29-15-21-42(58)54-52(4,5)6)30-44(67-47)57(63)32-33(3)48(60)53-50(57)61)68-51(62)66-41(35-16-11-10-12-17-35)31-55(7)43(59)22-14-18-34-23-24-38-26-25-36-19-13-20-37-27-28-39(34)46(38)45(36)37/h10-13,16-17,19-20,23-28,32,40-41,44,47,49H,8-9,14-15,18,21-22,29-31H2,1-7H3,(H-,53,54,58,60,61)/p+1/t40-,41?,44+,47-,49?,57?/m0/s1. The van der Waals surface area contributed by atoms with Gasteiger partial charge in [0.15, 0.2) is 6.10 Å². The first-order valence-electron chi connectivity index (χ1n) is 23.7. The topological polar surface area (TPSA) is 193 Å². The number of quaternary nitrogens is 1. The summed E-state index contributed by atoms with van der Waals surface area (Å²) in [5.74, 6) is -2.67. The normalized spacial score (nSPS) is 20.7. The van der Waals surface area contributed by atoms with E-state index in [-0.39, 0.29) is 69.3 Å². The lowest BCUT2D eigenvalue weighted by molar-refractivity contribution is -0.803. The molecule has 7 atom stereocenters. The third-order valence-electron chi connectivity index (χ3n) is 12.7. The Hall–Kier alpha value is -5.87. The van der Waals surface area contributed by atoms with Crippen LogP contribution >= 0.6 is 7.95 Å². The molecule has 4 unspecified atom stereocenters. The molecule has 2 N–H and O–H groups in total. The van der Waals surface area contributed by atoms with Gasteiger partial charge < -0.3 is 34.4 Å². The van der Waals surface area contributed by atoms with Crippen LogP contribution in [0.3, 0.4) is 0 Å². The zero-order chi connectivity index (χ0) is 49.6.